The van der Waals surface area contributed by atoms with E-state index in [1.165, 1.54) is 0 Å². The summed E-state index contributed by atoms with van der Waals surface area (Å²) in [5, 5.41) is 3.43. The van der Waals surface area contributed by atoms with Crippen molar-refractivity contribution in [3.8, 4) is 0 Å². The zero-order valence-electron chi connectivity index (χ0n) is 19.4. The molecule has 0 aromatic heterocycles. The number of hydrogen-bond donors (Lipinski definition) is 0. The van der Waals surface area contributed by atoms with Crippen LogP contribution >= 0.6 is 14.3 Å². The number of rotatable bonds is 6. The lowest BCUT2D eigenvalue weighted by molar-refractivity contribution is 0.549. The zero-order chi connectivity index (χ0) is 23.9. The van der Waals surface area contributed by atoms with E-state index in [0.717, 1.165) is 27.6 Å². The van der Waals surface area contributed by atoms with Crippen LogP contribution in [0.15, 0.2) is 133 Å². The molecule has 4 atom stereocenters. The van der Waals surface area contributed by atoms with E-state index in [9.17, 15) is 0 Å². The maximum absolute atomic E-state index is 15.6. The van der Waals surface area contributed by atoms with Crippen molar-refractivity contribution in [2.75, 3.05) is 0 Å². The van der Waals surface area contributed by atoms with E-state index in [1.807, 2.05) is 121 Å². The van der Waals surface area contributed by atoms with Crippen LogP contribution in [-0.4, -0.2) is 11.3 Å². The molecule has 4 aromatic rings. The molecule has 0 heterocycles. The molecule has 0 unspecified atom stereocenters. The van der Waals surface area contributed by atoms with Crippen molar-refractivity contribution in [3.63, 3.8) is 0 Å². The monoisotopic (exact) mass is 494 g/mol. The summed E-state index contributed by atoms with van der Waals surface area (Å²) in [5.41, 5.74) is -0.456. The Bertz CT molecular complexity index is 1230. The van der Waals surface area contributed by atoms with Gasteiger partial charge in [-0.15, -0.1) is 0 Å². The molecule has 0 radical (unpaired) electrons. The van der Waals surface area contributed by atoms with Gasteiger partial charge in [0.2, 0.25) is 0 Å². The average molecular weight is 495 g/mol. The summed E-state index contributed by atoms with van der Waals surface area (Å²) >= 11 is 0. The Morgan fingerprint density at radius 3 is 0.943 bits per heavy atom. The average Bonchev–Trinajstić information content (AvgIpc) is 3.57. The van der Waals surface area contributed by atoms with E-state index in [0.29, 0.717) is 0 Å². The summed E-state index contributed by atoms with van der Waals surface area (Å²) in [7, 11) is -6.26. The predicted molar refractivity (Wildman–Crippen MR) is 148 cm³/mol. The molecule has 0 N–H and O–H groups in total. The molecule has 2 nitrogen and oxygen atoms in total. The van der Waals surface area contributed by atoms with E-state index in [2.05, 4.69) is 12.2 Å². The quantitative estimate of drug-likeness (QED) is 0.245. The molecule has 2 aliphatic carbocycles. The molecule has 0 aliphatic heterocycles. The van der Waals surface area contributed by atoms with Gasteiger partial charge in [-0.2, -0.15) is 0 Å². The van der Waals surface area contributed by atoms with Crippen LogP contribution in [0.25, 0.3) is 0 Å². The van der Waals surface area contributed by atoms with E-state index in [4.69, 9.17) is 0 Å². The molecule has 4 heteroatoms. The SMILES string of the molecule is O=P(c1ccccc1)(c1ccccc1)[C@@H]1[C@H](P(=O)(c2ccccc2)c2ccccc2)[C@H]2C=C[C@H]1C2. The van der Waals surface area contributed by atoms with Crippen LogP contribution < -0.4 is 21.2 Å². The normalized spacial score (nSPS) is 23.4. The third kappa shape index (κ3) is 3.55. The molecule has 4 aromatic carbocycles. The lowest BCUT2D eigenvalue weighted by Crippen LogP contribution is -2.41. The highest BCUT2D eigenvalue weighted by Gasteiger charge is 2.60. The molecule has 174 valence electrons. The third-order valence-corrected chi connectivity index (χ3v) is 15.4. The molecule has 1 fully saturated rings. The zero-order valence-corrected chi connectivity index (χ0v) is 21.2. The van der Waals surface area contributed by atoms with Gasteiger partial charge in [0, 0.05) is 32.5 Å². The standard InChI is InChI=1S/C31H28O2P2/c32-34(26-13-5-1-6-14-26,27-15-7-2-8-16-27)30-24-21-22-25(23-24)31(30)35(33,28-17-9-3-10-18-28)29-19-11-4-12-20-29/h1-22,24-25,30-31H,23H2/t24-,25-,30-,31+/m0/s1. The van der Waals surface area contributed by atoms with Crippen molar-refractivity contribution >= 4 is 35.5 Å². The molecular formula is C31H28O2P2. The number of hydrogen-bond acceptors (Lipinski definition) is 2. The molecule has 2 bridgehead atoms. The first-order chi connectivity index (χ1) is 17.1. The molecule has 6 rings (SSSR count). The first kappa shape index (κ1) is 22.5. The Morgan fingerprint density at radius 2 is 0.686 bits per heavy atom. The van der Waals surface area contributed by atoms with E-state index >= 15 is 9.13 Å². The summed E-state index contributed by atoms with van der Waals surface area (Å²) in [5.74, 6) is 0.272. The van der Waals surface area contributed by atoms with Gasteiger partial charge >= 0.3 is 0 Å². The highest BCUT2D eigenvalue weighted by Crippen LogP contribution is 2.69. The van der Waals surface area contributed by atoms with Gasteiger partial charge in [-0.05, 0) is 18.3 Å². The first-order valence-electron chi connectivity index (χ1n) is 12.2. The lowest BCUT2D eigenvalue weighted by atomic mass is 10.1. The minimum absolute atomic E-state index is 0.136. The van der Waals surface area contributed by atoms with Gasteiger partial charge < -0.3 is 9.13 Å². The number of fused-ring (bicyclic) bond motifs is 2. The molecule has 1 saturated carbocycles. The minimum atomic E-state index is -3.13. The molecule has 0 saturated heterocycles. The van der Waals surface area contributed by atoms with Crippen molar-refractivity contribution in [2.24, 2.45) is 11.8 Å². The summed E-state index contributed by atoms with van der Waals surface area (Å²) < 4.78 is 31.1. The van der Waals surface area contributed by atoms with Crippen molar-refractivity contribution in [2.45, 2.75) is 17.7 Å². The molecule has 35 heavy (non-hydrogen) atoms. The number of allylic oxidation sites excluding steroid dienone is 2. The maximum atomic E-state index is 15.6. The second kappa shape index (κ2) is 8.94. The van der Waals surface area contributed by atoms with Crippen LogP contribution in [-0.2, 0) is 9.13 Å². The van der Waals surface area contributed by atoms with Gasteiger partial charge in [0.25, 0.3) is 0 Å². The second-order valence-electron chi connectivity index (χ2n) is 9.59. The van der Waals surface area contributed by atoms with Crippen LogP contribution in [0.2, 0.25) is 0 Å². The minimum Gasteiger partial charge on any atom is -0.313 e. The van der Waals surface area contributed by atoms with Crippen molar-refractivity contribution in [1.82, 2.24) is 0 Å². The fourth-order valence-electron chi connectivity index (χ4n) is 6.32. The van der Waals surface area contributed by atoms with Gasteiger partial charge in [0.05, 0.1) is 0 Å². The fraction of sp³-hybridized carbons (Fsp3) is 0.161. The van der Waals surface area contributed by atoms with E-state index < -0.39 is 14.3 Å². The van der Waals surface area contributed by atoms with Crippen LogP contribution in [0.3, 0.4) is 0 Å². The van der Waals surface area contributed by atoms with Gasteiger partial charge in [-0.1, -0.05) is 133 Å². The van der Waals surface area contributed by atoms with Crippen LogP contribution in [0.5, 0.6) is 0 Å². The smallest absolute Gasteiger partial charge is 0.147 e. The van der Waals surface area contributed by atoms with Crippen LogP contribution in [0.1, 0.15) is 6.42 Å². The summed E-state index contributed by atoms with van der Waals surface area (Å²) in [6.45, 7) is 0. The van der Waals surface area contributed by atoms with Crippen molar-refractivity contribution in [1.29, 1.82) is 0 Å². The summed E-state index contributed by atoms with van der Waals surface area (Å²) in [6.07, 6.45) is 5.39. The van der Waals surface area contributed by atoms with Gasteiger partial charge in [-0.3, -0.25) is 0 Å². The fourth-order valence-corrected chi connectivity index (χ4v) is 14.7. The Kier molecular flexibility index (Phi) is 5.76. The Morgan fingerprint density at radius 1 is 0.429 bits per heavy atom. The highest BCUT2D eigenvalue weighted by atomic mass is 31.2. The van der Waals surface area contributed by atoms with Crippen LogP contribution in [0, 0.1) is 11.8 Å². The Hall–Kier alpha value is -2.92. The topological polar surface area (TPSA) is 34.1 Å². The van der Waals surface area contributed by atoms with Crippen molar-refractivity contribution in [3.05, 3.63) is 133 Å². The predicted octanol–water partition coefficient (Wildman–Crippen LogP) is 5.96. The first-order valence-corrected chi connectivity index (χ1v) is 15.8. The molecule has 2 aliphatic rings. The van der Waals surface area contributed by atoms with Crippen molar-refractivity contribution < 1.29 is 9.13 Å². The molecular weight excluding hydrogens is 466 g/mol. The maximum Gasteiger partial charge on any atom is 0.147 e. The molecule has 0 spiro atoms. The molecule has 0 amide bonds. The summed E-state index contributed by atoms with van der Waals surface area (Å²) in [6, 6.07) is 39.6. The van der Waals surface area contributed by atoms with E-state index in [-0.39, 0.29) is 23.2 Å². The number of benzene rings is 4. The third-order valence-electron chi connectivity index (χ3n) is 7.78. The summed E-state index contributed by atoms with van der Waals surface area (Å²) in [4.78, 5) is 0. The largest absolute Gasteiger partial charge is 0.313 e. The Labute approximate surface area is 207 Å². The van der Waals surface area contributed by atoms with Gasteiger partial charge in [-0.25, -0.2) is 0 Å². The Balaban J connectivity index is 1.63. The highest BCUT2D eigenvalue weighted by molar-refractivity contribution is 7.83. The van der Waals surface area contributed by atoms with Gasteiger partial charge in [0.15, 0.2) is 0 Å². The van der Waals surface area contributed by atoms with Gasteiger partial charge in [0.1, 0.15) is 14.3 Å². The van der Waals surface area contributed by atoms with Crippen LogP contribution in [0.4, 0.5) is 0 Å². The lowest BCUT2D eigenvalue weighted by Gasteiger charge is -2.40. The van der Waals surface area contributed by atoms with E-state index in [1.54, 1.807) is 0 Å². The second-order valence-corrected chi connectivity index (χ2v) is 15.5.